The molecule has 4 rings (SSSR count). The van der Waals surface area contributed by atoms with Gasteiger partial charge in [0.1, 0.15) is 29.1 Å². The molecule has 2 aromatic carbocycles. The van der Waals surface area contributed by atoms with Crippen LogP contribution in [0.4, 0.5) is 5.69 Å². The number of hydrogen-bond donors (Lipinski definition) is 1. The van der Waals surface area contributed by atoms with Crippen LogP contribution in [0, 0.1) is 20.8 Å². The van der Waals surface area contributed by atoms with Gasteiger partial charge >= 0.3 is 0 Å². The van der Waals surface area contributed by atoms with Crippen LogP contribution in [0.5, 0.6) is 5.75 Å². The molecule has 0 radical (unpaired) electrons. The fraction of sp³-hybridized carbons (Fsp3) is 0.259. The molecule has 1 atom stereocenters. The molecular formula is C27H27NO5. The van der Waals surface area contributed by atoms with Crippen LogP contribution in [0.15, 0.2) is 64.6 Å². The van der Waals surface area contributed by atoms with Gasteiger partial charge in [-0.2, -0.15) is 0 Å². The molecule has 1 aromatic heterocycles. The number of anilines is 1. The summed E-state index contributed by atoms with van der Waals surface area (Å²) in [6.45, 7) is 9.49. The highest BCUT2D eigenvalue weighted by atomic mass is 16.5. The lowest BCUT2D eigenvalue weighted by atomic mass is 9.98. The summed E-state index contributed by atoms with van der Waals surface area (Å²) in [7, 11) is 0. The quantitative estimate of drug-likeness (QED) is 0.313. The van der Waals surface area contributed by atoms with Crippen molar-refractivity contribution >= 4 is 23.1 Å². The molecule has 1 saturated heterocycles. The zero-order valence-corrected chi connectivity index (χ0v) is 19.4. The molecule has 2 heterocycles. The number of furan rings is 1. The van der Waals surface area contributed by atoms with Crippen molar-refractivity contribution in [2.24, 2.45) is 0 Å². The first-order valence-corrected chi connectivity index (χ1v) is 10.9. The van der Waals surface area contributed by atoms with Crippen molar-refractivity contribution in [2.75, 3.05) is 4.90 Å². The maximum absolute atomic E-state index is 13.2. The van der Waals surface area contributed by atoms with E-state index in [1.807, 2.05) is 45.9 Å². The first-order valence-electron chi connectivity index (χ1n) is 10.9. The van der Waals surface area contributed by atoms with Gasteiger partial charge in [0.2, 0.25) is 0 Å². The van der Waals surface area contributed by atoms with Crippen LogP contribution in [0.25, 0.3) is 5.76 Å². The summed E-state index contributed by atoms with van der Waals surface area (Å²) < 4.78 is 11.5. The summed E-state index contributed by atoms with van der Waals surface area (Å²) in [6.07, 6.45) is 0.00899. The van der Waals surface area contributed by atoms with E-state index in [9.17, 15) is 14.7 Å². The van der Waals surface area contributed by atoms with Gasteiger partial charge in [-0.05, 0) is 82.6 Å². The number of ketones is 1. The number of carbonyl (C=O) groups is 2. The monoisotopic (exact) mass is 445 g/mol. The Bertz CT molecular complexity index is 1250. The second-order valence-corrected chi connectivity index (χ2v) is 8.60. The Balaban J connectivity index is 1.87. The maximum Gasteiger partial charge on any atom is 0.300 e. The zero-order chi connectivity index (χ0) is 23.9. The Morgan fingerprint density at radius 1 is 1.00 bits per heavy atom. The third-order valence-electron chi connectivity index (χ3n) is 5.59. The normalized spacial score (nSPS) is 17.8. The first kappa shape index (κ1) is 22.4. The Kier molecular flexibility index (Phi) is 5.85. The third kappa shape index (κ3) is 4.16. The molecule has 3 aromatic rings. The number of nitrogens with zero attached hydrogens (tertiary/aromatic N) is 1. The van der Waals surface area contributed by atoms with Crippen molar-refractivity contribution in [3.63, 3.8) is 0 Å². The topological polar surface area (TPSA) is 80.0 Å². The fourth-order valence-electron chi connectivity index (χ4n) is 4.15. The molecule has 0 aliphatic carbocycles. The van der Waals surface area contributed by atoms with Gasteiger partial charge in [-0.3, -0.25) is 14.5 Å². The number of aliphatic hydroxyl groups excluding tert-OH is 1. The predicted octanol–water partition coefficient (Wildman–Crippen LogP) is 5.62. The van der Waals surface area contributed by atoms with Crippen LogP contribution in [0.2, 0.25) is 0 Å². The zero-order valence-electron chi connectivity index (χ0n) is 19.4. The molecule has 1 aliphatic heterocycles. The molecule has 1 fully saturated rings. The van der Waals surface area contributed by atoms with Crippen molar-refractivity contribution < 1.29 is 23.8 Å². The minimum atomic E-state index is -0.883. The van der Waals surface area contributed by atoms with E-state index in [0.717, 1.165) is 11.1 Å². The minimum absolute atomic E-state index is 0.00754. The predicted molar refractivity (Wildman–Crippen MR) is 126 cm³/mol. The van der Waals surface area contributed by atoms with Crippen molar-refractivity contribution in [1.82, 2.24) is 0 Å². The molecule has 0 saturated carbocycles. The molecule has 0 spiro atoms. The summed E-state index contributed by atoms with van der Waals surface area (Å²) in [4.78, 5) is 27.8. The number of amides is 1. The van der Waals surface area contributed by atoms with E-state index in [0.29, 0.717) is 28.5 Å². The van der Waals surface area contributed by atoms with E-state index in [-0.39, 0.29) is 17.4 Å². The van der Waals surface area contributed by atoms with E-state index >= 15 is 0 Å². The van der Waals surface area contributed by atoms with E-state index < -0.39 is 17.7 Å². The fourth-order valence-corrected chi connectivity index (χ4v) is 4.15. The average molecular weight is 446 g/mol. The largest absolute Gasteiger partial charge is 0.507 e. The van der Waals surface area contributed by atoms with Crippen LogP contribution in [0.1, 0.15) is 48.1 Å². The molecule has 1 unspecified atom stereocenters. The highest BCUT2D eigenvalue weighted by molar-refractivity contribution is 6.51. The van der Waals surface area contributed by atoms with Crippen molar-refractivity contribution in [3.05, 3.63) is 88.4 Å². The summed E-state index contributed by atoms with van der Waals surface area (Å²) in [5.74, 6) is -0.0120. The van der Waals surface area contributed by atoms with E-state index in [4.69, 9.17) is 9.15 Å². The Morgan fingerprint density at radius 2 is 1.70 bits per heavy atom. The lowest BCUT2D eigenvalue weighted by molar-refractivity contribution is -0.132. The molecule has 33 heavy (non-hydrogen) atoms. The van der Waals surface area contributed by atoms with Crippen molar-refractivity contribution in [3.8, 4) is 5.75 Å². The second-order valence-electron chi connectivity index (χ2n) is 8.60. The molecule has 1 aliphatic rings. The molecule has 6 nitrogen and oxygen atoms in total. The van der Waals surface area contributed by atoms with Gasteiger partial charge in [0.25, 0.3) is 11.7 Å². The molecular weight excluding hydrogens is 418 g/mol. The first-order chi connectivity index (χ1) is 15.7. The smallest absolute Gasteiger partial charge is 0.300 e. The molecule has 170 valence electrons. The van der Waals surface area contributed by atoms with Gasteiger partial charge < -0.3 is 14.3 Å². The van der Waals surface area contributed by atoms with Crippen molar-refractivity contribution in [2.45, 2.75) is 46.8 Å². The number of benzene rings is 2. The van der Waals surface area contributed by atoms with Crippen LogP contribution in [-0.4, -0.2) is 22.9 Å². The minimum Gasteiger partial charge on any atom is -0.507 e. The Morgan fingerprint density at radius 3 is 2.27 bits per heavy atom. The number of hydrogen-bond acceptors (Lipinski definition) is 5. The lowest BCUT2D eigenvalue weighted by Crippen LogP contribution is -2.30. The van der Waals surface area contributed by atoms with Gasteiger partial charge in [-0.25, -0.2) is 0 Å². The summed E-state index contributed by atoms with van der Waals surface area (Å²) in [6, 6.07) is 15.1. The molecule has 6 heteroatoms. The SMILES string of the molecule is Cc1ccc(N2C(=O)C(=O)/C(=C(\O)c3ccc(OC(C)C)cc3)C2c2ccc(C)o2)c(C)c1. The standard InChI is InChI=1S/C27H27NO5/c1-15(2)32-20-10-8-19(9-11-20)25(29)23-24(22-13-7-18(5)33-22)28(27(31)26(23)30)21-12-6-16(3)14-17(21)4/h6-15,24,29H,1-5H3/b25-23-. The number of rotatable bonds is 5. The van der Waals surface area contributed by atoms with E-state index in [2.05, 4.69) is 0 Å². The Labute approximate surface area is 193 Å². The van der Waals surface area contributed by atoms with Crippen LogP contribution in [0.3, 0.4) is 0 Å². The van der Waals surface area contributed by atoms with Gasteiger partial charge in [-0.1, -0.05) is 17.7 Å². The van der Waals surface area contributed by atoms with Crippen LogP contribution >= 0.6 is 0 Å². The summed E-state index contributed by atoms with van der Waals surface area (Å²) >= 11 is 0. The lowest BCUT2D eigenvalue weighted by Gasteiger charge is -2.25. The molecule has 0 bridgehead atoms. The van der Waals surface area contributed by atoms with Crippen LogP contribution in [-0.2, 0) is 9.59 Å². The van der Waals surface area contributed by atoms with Gasteiger partial charge in [0, 0.05) is 11.3 Å². The van der Waals surface area contributed by atoms with Gasteiger partial charge in [0.15, 0.2) is 0 Å². The second kappa shape index (κ2) is 8.62. The Hall–Kier alpha value is -3.80. The summed E-state index contributed by atoms with van der Waals surface area (Å²) in [5, 5.41) is 11.2. The van der Waals surface area contributed by atoms with E-state index in [1.54, 1.807) is 43.3 Å². The van der Waals surface area contributed by atoms with Gasteiger partial charge in [0.05, 0.1) is 11.7 Å². The third-order valence-corrected chi connectivity index (χ3v) is 5.59. The van der Waals surface area contributed by atoms with Gasteiger partial charge in [-0.15, -0.1) is 0 Å². The number of aliphatic hydroxyl groups is 1. The van der Waals surface area contributed by atoms with Crippen LogP contribution < -0.4 is 9.64 Å². The number of ether oxygens (including phenoxy) is 1. The highest BCUT2D eigenvalue weighted by Crippen LogP contribution is 2.43. The van der Waals surface area contributed by atoms with Crippen molar-refractivity contribution in [1.29, 1.82) is 0 Å². The summed E-state index contributed by atoms with van der Waals surface area (Å²) in [5.41, 5.74) is 2.90. The number of Topliss-reactive ketones (excluding diaryl/α,β-unsaturated/α-hetero) is 1. The number of aryl methyl sites for hydroxylation is 3. The maximum atomic E-state index is 13.2. The highest BCUT2D eigenvalue weighted by Gasteiger charge is 2.48. The molecule has 1 N–H and O–H groups in total. The van der Waals surface area contributed by atoms with E-state index in [1.165, 1.54) is 4.90 Å². The number of carbonyl (C=O) groups excluding carboxylic acids is 2. The molecule has 1 amide bonds. The average Bonchev–Trinajstić information content (AvgIpc) is 3.29.